The molecule has 3 aromatic rings. The maximum Gasteiger partial charge on any atom is 0.264 e. The molecular formula is C19H17N3O3. The van der Waals surface area contributed by atoms with Crippen LogP contribution < -0.4 is 15.6 Å². The number of nitrogens with zero attached hydrogens (tertiary/aromatic N) is 1. The van der Waals surface area contributed by atoms with Crippen LogP contribution in [0.15, 0.2) is 65.5 Å². The Morgan fingerprint density at radius 2 is 1.92 bits per heavy atom. The van der Waals surface area contributed by atoms with E-state index in [1.54, 1.807) is 24.3 Å². The van der Waals surface area contributed by atoms with E-state index in [4.69, 9.17) is 4.74 Å². The van der Waals surface area contributed by atoms with Crippen molar-refractivity contribution >= 4 is 11.6 Å². The molecule has 0 spiro atoms. The quantitative estimate of drug-likeness (QED) is 0.751. The summed E-state index contributed by atoms with van der Waals surface area (Å²) in [6, 6.07) is 17.7. The molecule has 1 aromatic heterocycles. The summed E-state index contributed by atoms with van der Waals surface area (Å²) < 4.78 is 5.46. The maximum absolute atomic E-state index is 12.0. The molecule has 0 radical (unpaired) electrons. The predicted octanol–water partition coefficient (Wildman–Crippen LogP) is 2.76. The lowest BCUT2D eigenvalue weighted by Crippen LogP contribution is -2.20. The second-order valence-corrected chi connectivity index (χ2v) is 5.54. The Labute approximate surface area is 144 Å². The van der Waals surface area contributed by atoms with Crippen LogP contribution in [0.1, 0.15) is 5.56 Å². The van der Waals surface area contributed by atoms with Crippen LogP contribution in [0.2, 0.25) is 0 Å². The molecule has 0 aliphatic heterocycles. The van der Waals surface area contributed by atoms with Crippen LogP contribution in [0, 0.1) is 6.92 Å². The fraction of sp³-hybridized carbons (Fsp3) is 0.105. The van der Waals surface area contributed by atoms with Crippen molar-refractivity contribution in [1.82, 2.24) is 10.2 Å². The van der Waals surface area contributed by atoms with Gasteiger partial charge in [-0.15, -0.1) is 0 Å². The molecule has 6 nitrogen and oxygen atoms in total. The van der Waals surface area contributed by atoms with Gasteiger partial charge in [0, 0.05) is 17.3 Å². The molecule has 0 saturated carbocycles. The van der Waals surface area contributed by atoms with Crippen molar-refractivity contribution in [2.45, 2.75) is 6.92 Å². The molecule has 0 unspecified atom stereocenters. The van der Waals surface area contributed by atoms with Gasteiger partial charge in [0.1, 0.15) is 5.75 Å². The van der Waals surface area contributed by atoms with Gasteiger partial charge < -0.3 is 10.1 Å². The van der Waals surface area contributed by atoms with Gasteiger partial charge >= 0.3 is 0 Å². The fourth-order valence-electron chi connectivity index (χ4n) is 2.24. The van der Waals surface area contributed by atoms with Crippen molar-refractivity contribution in [1.29, 1.82) is 0 Å². The van der Waals surface area contributed by atoms with Crippen molar-refractivity contribution in [2.24, 2.45) is 0 Å². The second-order valence-electron chi connectivity index (χ2n) is 5.54. The lowest BCUT2D eigenvalue weighted by atomic mass is 10.1. The van der Waals surface area contributed by atoms with Gasteiger partial charge in [0.25, 0.3) is 11.5 Å². The highest BCUT2D eigenvalue weighted by atomic mass is 16.5. The Morgan fingerprint density at radius 3 is 2.64 bits per heavy atom. The van der Waals surface area contributed by atoms with Gasteiger partial charge in [0.15, 0.2) is 6.61 Å². The Hall–Kier alpha value is -3.41. The molecule has 2 aromatic carbocycles. The minimum atomic E-state index is -0.263. The number of ether oxygens (including phenoxy) is 1. The minimum Gasteiger partial charge on any atom is -0.484 e. The Morgan fingerprint density at radius 1 is 1.12 bits per heavy atom. The largest absolute Gasteiger partial charge is 0.484 e. The van der Waals surface area contributed by atoms with Crippen molar-refractivity contribution in [2.75, 3.05) is 11.9 Å². The van der Waals surface area contributed by atoms with E-state index in [1.165, 1.54) is 6.07 Å². The summed E-state index contributed by atoms with van der Waals surface area (Å²) in [7, 11) is 0. The van der Waals surface area contributed by atoms with E-state index in [2.05, 4.69) is 15.5 Å². The molecule has 1 heterocycles. The number of H-pyrrole nitrogens is 1. The van der Waals surface area contributed by atoms with Crippen molar-refractivity contribution in [3.63, 3.8) is 0 Å². The summed E-state index contributed by atoms with van der Waals surface area (Å²) in [5.41, 5.74) is 2.90. The Balaban J connectivity index is 1.63. The number of hydrogen-bond acceptors (Lipinski definition) is 4. The highest BCUT2D eigenvalue weighted by Crippen LogP contribution is 2.19. The lowest BCUT2D eigenvalue weighted by molar-refractivity contribution is -0.118. The average Bonchev–Trinajstić information content (AvgIpc) is 2.62. The summed E-state index contributed by atoms with van der Waals surface area (Å²) in [5.74, 6) is 0.388. The number of carbonyl (C=O) groups excluding carboxylic acids is 1. The molecule has 25 heavy (non-hydrogen) atoms. The van der Waals surface area contributed by atoms with Gasteiger partial charge in [0.2, 0.25) is 0 Å². The van der Waals surface area contributed by atoms with E-state index in [9.17, 15) is 9.59 Å². The molecule has 0 atom stereocenters. The molecule has 0 aliphatic carbocycles. The number of benzene rings is 2. The number of rotatable bonds is 5. The number of aryl methyl sites for hydroxylation is 1. The minimum absolute atomic E-state index is 0.0792. The van der Waals surface area contributed by atoms with Gasteiger partial charge in [-0.1, -0.05) is 29.8 Å². The van der Waals surface area contributed by atoms with Gasteiger partial charge in [-0.05, 0) is 37.3 Å². The van der Waals surface area contributed by atoms with E-state index < -0.39 is 0 Å². The van der Waals surface area contributed by atoms with E-state index >= 15 is 0 Å². The number of aromatic nitrogens is 2. The van der Waals surface area contributed by atoms with E-state index in [1.807, 2.05) is 37.3 Å². The zero-order valence-corrected chi connectivity index (χ0v) is 13.7. The molecule has 126 valence electrons. The van der Waals surface area contributed by atoms with Gasteiger partial charge in [-0.3, -0.25) is 9.59 Å². The molecule has 1 amide bonds. The normalized spacial score (nSPS) is 10.3. The SMILES string of the molecule is Cc1ccc(OCC(=O)Nc2cccc(-c3ccc(=O)[nH]n3)c2)cc1. The molecule has 6 heteroatoms. The van der Waals surface area contributed by atoms with Crippen molar-refractivity contribution < 1.29 is 9.53 Å². The van der Waals surface area contributed by atoms with Crippen LogP contribution in [0.3, 0.4) is 0 Å². The van der Waals surface area contributed by atoms with Crippen LogP contribution in [0.5, 0.6) is 5.75 Å². The number of aromatic amines is 1. The molecule has 0 fully saturated rings. The standard InChI is InChI=1S/C19H17N3O3/c1-13-5-7-16(8-6-13)25-12-19(24)20-15-4-2-3-14(11-15)17-9-10-18(23)22-21-17/h2-11H,12H2,1H3,(H,20,24)(H,22,23). The maximum atomic E-state index is 12.0. The Kier molecular flexibility index (Phi) is 4.89. The van der Waals surface area contributed by atoms with E-state index in [0.717, 1.165) is 11.1 Å². The van der Waals surface area contributed by atoms with Crippen LogP contribution in [-0.4, -0.2) is 22.7 Å². The Bertz CT molecular complexity index is 913. The summed E-state index contributed by atoms with van der Waals surface area (Å²) in [6.07, 6.45) is 0. The number of amides is 1. The molecule has 2 N–H and O–H groups in total. The molecule has 0 bridgehead atoms. The first-order valence-corrected chi connectivity index (χ1v) is 7.76. The van der Waals surface area contributed by atoms with Crippen molar-refractivity contribution in [3.8, 4) is 17.0 Å². The average molecular weight is 335 g/mol. The molecular weight excluding hydrogens is 318 g/mol. The van der Waals surface area contributed by atoms with Crippen LogP contribution in [-0.2, 0) is 4.79 Å². The first kappa shape index (κ1) is 16.4. The lowest BCUT2D eigenvalue weighted by Gasteiger charge is -2.09. The number of hydrogen-bond donors (Lipinski definition) is 2. The number of carbonyl (C=O) groups is 1. The van der Waals surface area contributed by atoms with Crippen LogP contribution in [0.25, 0.3) is 11.3 Å². The van der Waals surface area contributed by atoms with Crippen molar-refractivity contribution in [3.05, 3.63) is 76.6 Å². The summed E-state index contributed by atoms with van der Waals surface area (Å²) in [5, 5.41) is 9.15. The number of nitrogens with one attached hydrogen (secondary N) is 2. The fourth-order valence-corrected chi connectivity index (χ4v) is 2.24. The third-order valence-electron chi connectivity index (χ3n) is 3.51. The monoisotopic (exact) mass is 335 g/mol. The summed E-state index contributed by atoms with van der Waals surface area (Å²) in [4.78, 5) is 23.1. The summed E-state index contributed by atoms with van der Waals surface area (Å²) in [6.45, 7) is 1.91. The topological polar surface area (TPSA) is 84.1 Å². The highest BCUT2D eigenvalue weighted by molar-refractivity contribution is 5.92. The molecule has 0 saturated heterocycles. The highest BCUT2D eigenvalue weighted by Gasteiger charge is 2.06. The summed E-state index contributed by atoms with van der Waals surface area (Å²) >= 11 is 0. The smallest absolute Gasteiger partial charge is 0.264 e. The third kappa shape index (κ3) is 4.54. The third-order valence-corrected chi connectivity index (χ3v) is 3.51. The zero-order chi connectivity index (χ0) is 17.6. The van der Waals surface area contributed by atoms with Gasteiger partial charge in [-0.25, -0.2) is 5.10 Å². The van der Waals surface area contributed by atoms with Crippen LogP contribution >= 0.6 is 0 Å². The van der Waals surface area contributed by atoms with E-state index in [0.29, 0.717) is 17.1 Å². The number of anilines is 1. The first-order chi connectivity index (χ1) is 12.1. The van der Waals surface area contributed by atoms with Gasteiger partial charge in [-0.2, -0.15) is 5.10 Å². The predicted molar refractivity (Wildman–Crippen MR) is 95.6 cm³/mol. The second kappa shape index (κ2) is 7.44. The zero-order valence-electron chi connectivity index (χ0n) is 13.7. The molecule has 0 aliphatic rings. The van der Waals surface area contributed by atoms with E-state index in [-0.39, 0.29) is 18.1 Å². The van der Waals surface area contributed by atoms with Crippen LogP contribution in [0.4, 0.5) is 5.69 Å². The van der Waals surface area contributed by atoms with Gasteiger partial charge in [0.05, 0.1) is 5.69 Å². The first-order valence-electron chi connectivity index (χ1n) is 7.76. The molecule has 3 rings (SSSR count).